The maximum atomic E-state index is 9.23. The van der Waals surface area contributed by atoms with Crippen LogP contribution in [0.3, 0.4) is 0 Å². The van der Waals surface area contributed by atoms with Crippen LogP contribution in [0.5, 0.6) is 0 Å². The number of aliphatic hydroxyl groups excluding tert-OH is 1. The third-order valence-corrected chi connectivity index (χ3v) is 3.77. The van der Waals surface area contributed by atoms with Gasteiger partial charge in [0, 0.05) is 17.8 Å². The van der Waals surface area contributed by atoms with Crippen molar-refractivity contribution in [1.82, 2.24) is 4.98 Å². The van der Waals surface area contributed by atoms with Gasteiger partial charge >= 0.3 is 0 Å². The van der Waals surface area contributed by atoms with Crippen molar-refractivity contribution < 1.29 is 5.11 Å². The number of hydrogen-bond donors (Lipinski definition) is 2. The molecule has 0 bridgehead atoms. The predicted octanol–water partition coefficient (Wildman–Crippen LogP) is 2.81. The van der Waals surface area contributed by atoms with Gasteiger partial charge in [-0.3, -0.25) is 0 Å². The standard InChI is InChI=1S/C14H22N2O/c1-11-5-6-12(2)15-13(11)16-14(9-10-17)7-3-4-8-14/h5-6,17H,3-4,7-10H2,1-2H3,(H,15,16). The highest BCUT2D eigenvalue weighted by Gasteiger charge is 2.33. The Kier molecular flexibility index (Phi) is 3.67. The maximum absolute atomic E-state index is 9.23. The first-order chi connectivity index (χ1) is 8.15. The van der Waals surface area contributed by atoms with E-state index in [1.165, 1.54) is 18.4 Å². The minimum atomic E-state index is 0.0697. The third-order valence-electron chi connectivity index (χ3n) is 3.77. The molecule has 2 N–H and O–H groups in total. The predicted molar refractivity (Wildman–Crippen MR) is 70.2 cm³/mol. The van der Waals surface area contributed by atoms with Gasteiger partial charge in [-0.15, -0.1) is 0 Å². The maximum Gasteiger partial charge on any atom is 0.129 e. The molecule has 0 amide bonds. The van der Waals surface area contributed by atoms with E-state index in [0.29, 0.717) is 0 Å². The lowest BCUT2D eigenvalue weighted by atomic mass is 9.93. The van der Waals surface area contributed by atoms with Crippen molar-refractivity contribution in [3.05, 3.63) is 23.4 Å². The van der Waals surface area contributed by atoms with Gasteiger partial charge < -0.3 is 10.4 Å². The van der Waals surface area contributed by atoms with Gasteiger partial charge in [0.25, 0.3) is 0 Å². The summed E-state index contributed by atoms with van der Waals surface area (Å²) in [6.07, 6.45) is 5.60. The molecule has 3 nitrogen and oxygen atoms in total. The van der Waals surface area contributed by atoms with Gasteiger partial charge in [0.05, 0.1) is 0 Å². The van der Waals surface area contributed by atoms with E-state index in [-0.39, 0.29) is 12.1 Å². The highest BCUT2D eigenvalue weighted by molar-refractivity contribution is 5.46. The highest BCUT2D eigenvalue weighted by atomic mass is 16.3. The number of anilines is 1. The molecule has 1 aliphatic carbocycles. The van der Waals surface area contributed by atoms with Crippen LogP contribution in [0.15, 0.2) is 12.1 Å². The molecule has 0 aliphatic heterocycles. The van der Waals surface area contributed by atoms with Crippen molar-refractivity contribution >= 4 is 5.82 Å². The van der Waals surface area contributed by atoms with E-state index in [9.17, 15) is 5.11 Å². The lowest BCUT2D eigenvalue weighted by molar-refractivity contribution is 0.249. The summed E-state index contributed by atoms with van der Waals surface area (Å²) in [4.78, 5) is 4.57. The van der Waals surface area contributed by atoms with Crippen molar-refractivity contribution in [2.24, 2.45) is 0 Å². The van der Waals surface area contributed by atoms with Crippen LogP contribution >= 0.6 is 0 Å². The molecule has 0 aromatic carbocycles. The van der Waals surface area contributed by atoms with Crippen LogP contribution in [0.4, 0.5) is 5.82 Å². The minimum absolute atomic E-state index is 0.0697. The SMILES string of the molecule is Cc1ccc(C)c(NC2(CCO)CCCC2)n1. The monoisotopic (exact) mass is 234 g/mol. The van der Waals surface area contributed by atoms with Crippen molar-refractivity contribution in [3.63, 3.8) is 0 Å². The number of nitrogens with zero attached hydrogens (tertiary/aromatic N) is 1. The summed E-state index contributed by atoms with van der Waals surface area (Å²) in [6, 6.07) is 4.14. The number of hydrogen-bond acceptors (Lipinski definition) is 3. The van der Waals surface area contributed by atoms with Gasteiger partial charge in [-0.2, -0.15) is 0 Å². The molecule has 1 saturated carbocycles. The second-order valence-electron chi connectivity index (χ2n) is 5.20. The van der Waals surface area contributed by atoms with Crippen LogP contribution < -0.4 is 5.32 Å². The van der Waals surface area contributed by atoms with Crippen molar-refractivity contribution in [2.45, 2.75) is 51.5 Å². The van der Waals surface area contributed by atoms with E-state index in [0.717, 1.165) is 30.8 Å². The summed E-state index contributed by atoms with van der Waals surface area (Å²) < 4.78 is 0. The number of nitrogens with one attached hydrogen (secondary N) is 1. The highest BCUT2D eigenvalue weighted by Crippen LogP contribution is 2.35. The van der Waals surface area contributed by atoms with Gasteiger partial charge in [-0.05, 0) is 44.7 Å². The van der Waals surface area contributed by atoms with E-state index in [1.807, 2.05) is 13.0 Å². The Hall–Kier alpha value is -1.09. The second-order valence-corrected chi connectivity index (χ2v) is 5.20. The minimum Gasteiger partial charge on any atom is -0.396 e. The van der Waals surface area contributed by atoms with Crippen LogP contribution in [0.25, 0.3) is 0 Å². The van der Waals surface area contributed by atoms with Gasteiger partial charge in [0.15, 0.2) is 0 Å². The molecule has 2 rings (SSSR count). The van der Waals surface area contributed by atoms with Crippen LogP contribution in [-0.2, 0) is 0 Å². The summed E-state index contributed by atoms with van der Waals surface area (Å²) in [5, 5.41) is 12.8. The Labute approximate surface area is 103 Å². The van der Waals surface area contributed by atoms with Gasteiger partial charge in [0.1, 0.15) is 5.82 Å². The first kappa shape index (κ1) is 12.4. The molecule has 1 aromatic rings. The number of aryl methyl sites for hydroxylation is 2. The molecule has 1 aliphatic rings. The van der Waals surface area contributed by atoms with Gasteiger partial charge in [-0.25, -0.2) is 4.98 Å². The molecular formula is C14H22N2O. The van der Waals surface area contributed by atoms with Gasteiger partial charge in [-0.1, -0.05) is 18.9 Å². The molecule has 3 heteroatoms. The normalized spacial score (nSPS) is 18.3. The van der Waals surface area contributed by atoms with E-state index >= 15 is 0 Å². The first-order valence-corrected chi connectivity index (χ1v) is 6.48. The number of rotatable bonds is 4. The Bertz CT molecular complexity index is 384. The smallest absolute Gasteiger partial charge is 0.129 e. The summed E-state index contributed by atoms with van der Waals surface area (Å²) in [5.74, 6) is 0.986. The summed E-state index contributed by atoms with van der Waals surface area (Å²) in [7, 11) is 0. The summed E-state index contributed by atoms with van der Waals surface area (Å²) in [6.45, 7) is 4.34. The Morgan fingerprint density at radius 3 is 2.65 bits per heavy atom. The van der Waals surface area contributed by atoms with E-state index in [2.05, 4.69) is 23.3 Å². The van der Waals surface area contributed by atoms with Gasteiger partial charge in [0.2, 0.25) is 0 Å². The molecule has 0 spiro atoms. The fourth-order valence-electron chi connectivity index (χ4n) is 2.71. The second kappa shape index (κ2) is 5.05. The fraction of sp³-hybridized carbons (Fsp3) is 0.643. The zero-order valence-electron chi connectivity index (χ0n) is 10.8. The molecule has 1 aromatic heterocycles. The van der Waals surface area contributed by atoms with Crippen LogP contribution in [0.1, 0.15) is 43.4 Å². The average Bonchev–Trinajstić information content (AvgIpc) is 2.73. The van der Waals surface area contributed by atoms with Crippen molar-refractivity contribution in [2.75, 3.05) is 11.9 Å². The Morgan fingerprint density at radius 2 is 2.00 bits per heavy atom. The zero-order valence-corrected chi connectivity index (χ0v) is 10.8. The van der Waals surface area contributed by atoms with Crippen molar-refractivity contribution in [3.8, 4) is 0 Å². The molecule has 1 fully saturated rings. The molecule has 94 valence electrons. The molecule has 1 heterocycles. The number of pyridine rings is 1. The molecule has 0 radical (unpaired) electrons. The van der Waals surface area contributed by atoms with Crippen LogP contribution in [0.2, 0.25) is 0 Å². The van der Waals surface area contributed by atoms with Crippen LogP contribution in [0, 0.1) is 13.8 Å². The van der Waals surface area contributed by atoms with E-state index in [4.69, 9.17) is 0 Å². The molecular weight excluding hydrogens is 212 g/mol. The summed E-state index contributed by atoms with van der Waals surface area (Å²) >= 11 is 0. The number of aliphatic hydroxyl groups is 1. The largest absolute Gasteiger partial charge is 0.396 e. The molecule has 17 heavy (non-hydrogen) atoms. The average molecular weight is 234 g/mol. The molecule has 0 saturated heterocycles. The van der Waals surface area contributed by atoms with E-state index < -0.39 is 0 Å². The lowest BCUT2D eigenvalue weighted by Crippen LogP contribution is -2.36. The third kappa shape index (κ3) is 2.78. The lowest BCUT2D eigenvalue weighted by Gasteiger charge is -2.31. The van der Waals surface area contributed by atoms with Crippen molar-refractivity contribution in [1.29, 1.82) is 0 Å². The summed E-state index contributed by atoms with van der Waals surface area (Å²) in [5.41, 5.74) is 2.29. The quantitative estimate of drug-likeness (QED) is 0.842. The number of aromatic nitrogens is 1. The van der Waals surface area contributed by atoms with E-state index in [1.54, 1.807) is 0 Å². The zero-order chi connectivity index (χ0) is 12.3. The topological polar surface area (TPSA) is 45.1 Å². The van der Waals surface area contributed by atoms with Crippen LogP contribution in [-0.4, -0.2) is 22.2 Å². The Morgan fingerprint density at radius 1 is 1.29 bits per heavy atom. The molecule has 0 atom stereocenters. The molecule has 0 unspecified atom stereocenters. The first-order valence-electron chi connectivity index (χ1n) is 6.48. The fourth-order valence-corrected chi connectivity index (χ4v) is 2.71. The Balaban J connectivity index is 2.19.